The lowest BCUT2D eigenvalue weighted by Crippen LogP contribution is -2.37. The van der Waals surface area contributed by atoms with Crippen LogP contribution in [0.5, 0.6) is 0 Å². The second-order valence-electron chi connectivity index (χ2n) is 5.03. The van der Waals surface area contributed by atoms with Gasteiger partial charge in [0, 0.05) is 28.1 Å². The monoisotopic (exact) mass is 438 g/mol. The summed E-state index contributed by atoms with van der Waals surface area (Å²) in [5.41, 5.74) is 1.54. The molecule has 6 heteroatoms. The molecule has 0 fully saturated rings. The Bertz CT molecular complexity index is 702. The fourth-order valence-electron chi connectivity index (χ4n) is 1.96. The molecule has 2 amide bonds. The molecule has 4 nitrogen and oxygen atoms in total. The molecular weight excluding hydrogens is 424 g/mol. The molecule has 0 spiro atoms. The average molecular weight is 440 g/mol. The quantitative estimate of drug-likeness (QED) is 0.773. The van der Waals surface area contributed by atoms with Crippen molar-refractivity contribution in [3.05, 3.63) is 68.6 Å². The van der Waals surface area contributed by atoms with Crippen LogP contribution in [-0.4, -0.2) is 30.3 Å². The van der Waals surface area contributed by atoms with Crippen molar-refractivity contribution in [2.75, 3.05) is 13.6 Å². The number of amides is 2. The summed E-state index contributed by atoms with van der Waals surface area (Å²) in [6.45, 7) is 0.449. The van der Waals surface area contributed by atoms with Crippen LogP contribution in [0, 0.1) is 0 Å². The number of hydrogen-bond acceptors (Lipinski definition) is 2. The van der Waals surface area contributed by atoms with Crippen LogP contribution < -0.4 is 5.32 Å². The second kappa shape index (κ2) is 8.26. The fourth-order valence-corrected chi connectivity index (χ4v) is 2.64. The normalized spacial score (nSPS) is 10.2. The molecule has 0 heterocycles. The van der Waals surface area contributed by atoms with Gasteiger partial charge in [-0.05, 0) is 35.9 Å². The minimum atomic E-state index is -0.264. The zero-order valence-corrected chi connectivity index (χ0v) is 15.7. The summed E-state index contributed by atoms with van der Waals surface area (Å²) in [7, 11) is 1.72. The smallest absolute Gasteiger partial charge is 0.251 e. The van der Waals surface area contributed by atoms with Crippen molar-refractivity contribution in [2.45, 2.75) is 6.54 Å². The first-order valence-electron chi connectivity index (χ1n) is 6.98. The molecule has 1 N–H and O–H groups in total. The number of benzene rings is 2. The minimum absolute atomic E-state index is 0.0319. The zero-order valence-electron chi connectivity index (χ0n) is 12.6. The number of halogens is 2. The molecule has 2 rings (SSSR count). The van der Waals surface area contributed by atoms with Crippen molar-refractivity contribution < 1.29 is 9.59 Å². The van der Waals surface area contributed by atoms with Crippen molar-refractivity contribution in [1.29, 1.82) is 0 Å². The first-order valence-corrected chi connectivity index (χ1v) is 8.57. The van der Waals surface area contributed by atoms with Crippen molar-refractivity contribution in [3.8, 4) is 0 Å². The molecule has 0 atom stereocenters. The Balaban J connectivity index is 1.87. The molecule has 2 aromatic carbocycles. The molecule has 0 saturated heterocycles. The SMILES string of the molecule is CN(Cc1ccccc1Br)C(=O)CNC(=O)c1ccc(Br)cc1. The number of carbonyl (C=O) groups excluding carboxylic acids is 2. The molecular formula is C17H16Br2N2O2. The number of nitrogens with zero attached hydrogens (tertiary/aromatic N) is 1. The number of carbonyl (C=O) groups is 2. The summed E-state index contributed by atoms with van der Waals surface area (Å²) in [5, 5.41) is 2.64. The van der Waals surface area contributed by atoms with Crippen LogP contribution in [0.2, 0.25) is 0 Å². The van der Waals surface area contributed by atoms with E-state index in [9.17, 15) is 9.59 Å². The van der Waals surface area contributed by atoms with Crippen molar-refractivity contribution in [2.24, 2.45) is 0 Å². The van der Waals surface area contributed by atoms with E-state index in [1.54, 1.807) is 36.2 Å². The van der Waals surface area contributed by atoms with Gasteiger partial charge in [-0.25, -0.2) is 0 Å². The zero-order chi connectivity index (χ0) is 16.8. The van der Waals surface area contributed by atoms with E-state index < -0.39 is 0 Å². The summed E-state index contributed by atoms with van der Waals surface area (Å²) in [6.07, 6.45) is 0. The van der Waals surface area contributed by atoms with Crippen LogP contribution in [0.4, 0.5) is 0 Å². The predicted octanol–water partition coefficient (Wildman–Crippen LogP) is 3.60. The van der Waals surface area contributed by atoms with Crippen LogP contribution in [0.25, 0.3) is 0 Å². The molecule has 0 unspecified atom stereocenters. The van der Waals surface area contributed by atoms with Crippen molar-refractivity contribution in [1.82, 2.24) is 10.2 Å². The Hall–Kier alpha value is -1.66. The molecule has 0 aliphatic rings. The van der Waals surface area contributed by atoms with E-state index in [1.165, 1.54) is 0 Å². The van der Waals surface area contributed by atoms with E-state index in [0.717, 1.165) is 14.5 Å². The first-order chi connectivity index (χ1) is 11.0. The molecule has 0 aliphatic carbocycles. The number of hydrogen-bond donors (Lipinski definition) is 1. The largest absolute Gasteiger partial charge is 0.343 e. The van der Waals surface area contributed by atoms with Gasteiger partial charge in [0.15, 0.2) is 0 Å². The number of nitrogens with one attached hydrogen (secondary N) is 1. The lowest BCUT2D eigenvalue weighted by atomic mass is 10.2. The highest BCUT2D eigenvalue weighted by molar-refractivity contribution is 9.10. The summed E-state index contributed by atoms with van der Waals surface area (Å²) in [5.74, 6) is -0.411. The van der Waals surface area contributed by atoms with Gasteiger partial charge in [-0.15, -0.1) is 0 Å². The average Bonchev–Trinajstić information content (AvgIpc) is 2.55. The summed E-state index contributed by atoms with van der Waals surface area (Å²) in [4.78, 5) is 25.7. The first kappa shape index (κ1) is 17.7. The van der Waals surface area contributed by atoms with Gasteiger partial charge in [0.05, 0.1) is 6.54 Å². The molecule has 0 radical (unpaired) electrons. The maximum absolute atomic E-state index is 12.1. The molecule has 0 aromatic heterocycles. The lowest BCUT2D eigenvalue weighted by molar-refractivity contribution is -0.129. The molecule has 0 bridgehead atoms. The third-order valence-corrected chi connectivity index (χ3v) is 4.60. The molecule has 2 aromatic rings. The van der Waals surface area contributed by atoms with E-state index in [1.807, 2.05) is 24.3 Å². The predicted molar refractivity (Wildman–Crippen MR) is 97.1 cm³/mol. The summed E-state index contributed by atoms with van der Waals surface area (Å²) in [6, 6.07) is 14.7. The van der Waals surface area contributed by atoms with Crippen molar-refractivity contribution in [3.63, 3.8) is 0 Å². The van der Waals surface area contributed by atoms with Gasteiger partial charge in [0.25, 0.3) is 5.91 Å². The van der Waals surface area contributed by atoms with Gasteiger partial charge in [-0.1, -0.05) is 50.1 Å². The topological polar surface area (TPSA) is 49.4 Å². The minimum Gasteiger partial charge on any atom is -0.343 e. The Kier molecular flexibility index (Phi) is 6.36. The molecule has 0 aliphatic heterocycles. The molecule has 120 valence electrons. The Morgan fingerprint density at radius 1 is 1.04 bits per heavy atom. The third kappa shape index (κ3) is 5.18. The summed E-state index contributed by atoms with van der Waals surface area (Å²) < 4.78 is 1.86. The van der Waals surface area contributed by atoms with Crippen molar-refractivity contribution >= 4 is 43.7 Å². The standard InChI is InChI=1S/C17H16Br2N2O2/c1-21(11-13-4-2-3-5-15(13)19)16(22)10-20-17(23)12-6-8-14(18)9-7-12/h2-9H,10-11H2,1H3,(H,20,23). The summed E-state index contributed by atoms with van der Waals surface area (Å²) >= 11 is 6.78. The highest BCUT2D eigenvalue weighted by Crippen LogP contribution is 2.17. The van der Waals surface area contributed by atoms with Gasteiger partial charge in [0.2, 0.25) is 5.91 Å². The van der Waals surface area contributed by atoms with Crippen LogP contribution >= 0.6 is 31.9 Å². The van der Waals surface area contributed by atoms with Crippen LogP contribution in [-0.2, 0) is 11.3 Å². The van der Waals surface area contributed by atoms with Gasteiger partial charge in [0.1, 0.15) is 0 Å². The van der Waals surface area contributed by atoms with E-state index in [4.69, 9.17) is 0 Å². The lowest BCUT2D eigenvalue weighted by Gasteiger charge is -2.18. The van der Waals surface area contributed by atoms with E-state index in [2.05, 4.69) is 37.2 Å². The van der Waals surface area contributed by atoms with Gasteiger partial charge < -0.3 is 10.2 Å². The molecule has 0 saturated carbocycles. The highest BCUT2D eigenvalue weighted by Gasteiger charge is 2.13. The van der Waals surface area contributed by atoms with E-state index in [0.29, 0.717) is 12.1 Å². The van der Waals surface area contributed by atoms with Crippen LogP contribution in [0.3, 0.4) is 0 Å². The van der Waals surface area contributed by atoms with Crippen LogP contribution in [0.1, 0.15) is 15.9 Å². The number of likely N-dealkylation sites (N-methyl/N-ethyl adjacent to an activating group) is 1. The van der Waals surface area contributed by atoms with Gasteiger partial charge >= 0.3 is 0 Å². The Labute approximate surface area is 152 Å². The van der Waals surface area contributed by atoms with Crippen LogP contribution in [0.15, 0.2) is 57.5 Å². The van der Waals surface area contributed by atoms with Gasteiger partial charge in [-0.2, -0.15) is 0 Å². The maximum atomic E-state index is 12.1. The van der Waals surface area contributed by atoms with Gasteiger partial charge in [-0.3, -0.25) is 9.59 Å². The second-order valence-corrected chi connectivity index (χ2v) is 6.80. The highest BCUT2D eigenvalue weighted by atomic mass is 79.9. The third-order valence-electron chi connectivity index (χ3n) is 3.30. The fraction of sp³-hybridized carbons (Fsp3) is 0.176. The van der Waals surface area contributed by atoms with E-state index in [-0.39, 0.29) is 18.4 Å². The number of rotatable bonds is 5. The Morgan fingerprint density at radius 3 is 2.35 bits per heavy atom. The Morgan fingerprint density at radius 2 is 1.70 bits per heavy atom. The molecule has 23 heavy (non-hydrogen) atoms. The maximum Gasteiger partial charge on any atom is 0.251 e. The van der Waals surface area contributed by atoms with E-state index >= 15 is 0 Å².